The molecule has 7 heteroatoms. The molecule has 0 aromatic heterocycles. The van der Waals surface area contributed by atoms with Gasteiger partial charge in [-0.1, -0.05) is 13.8 Å². The number of rotatable bonds is 4. The van der Waals surface area contributed by atoms with Gasteiger partial charge in [0.1, 0.15) is 0 Å². The smallest absolute Gasteiger partial charge is 0.337 e. The number of alkyl halides is 5. The number of amides is 1. The molecule has 0 unspecified atom stereocenters. The Labute approximate surface area is 90.4 Å². The fourth-order valence-corrected chi connectivity index (χ4v) is 1.34. The number of carbonyl (C=O) groups excluding carboxylic acids is 1. The summed E-state index contributed by atoms with van der Waals surface area (Å²) in [5.41, 5.74) is 0. The van der Waals surface area contributed by atoms with Crippen LogP contribution in [-0.2, 0) is 4.79 Å². The zero-order valence-corrected chi connectivity index (χ0v) is 9.24. The Hall–Kier alpha value is -0.880. The van der Waals surface area contributed by atoms with Gasteiger partial charge in [-0.25, -0.2) is 0 Å². The summed E-state index contributed by atoms with van der Waals surface area (Å²) in [6.45, 7) is 3.23. The molecule has 2 nitrogen and oxygen atoms in total. The molecule has 1 amide bonds. The largest absolute Gasteiger partial charge is 0.463 e. The second-order valence-corrected chi connectivity index (χ2v) is 3.46. The summed E-state index contributed by atoms with van der Waals surface area (Å²) in [5.74, 6) is -7.52. The van der Waals surface area contributed by atoms with Crippen LogP contribution in [-0.4, -0.2) is 36.0 Å². The lowest BCUT2D eigenvalue weighted by Gasteiger charge is -2.30. The van der Waals surface area contributed by atoms with Gasteiger partial charge in [0.25, 0.3) is 0 Å². The van der Waals surface area contributed by atoms with E-state index in [0.717, 1.165) is 7.05 Å². The first kappa shape index (κ1) is 15.1. The van der Waals surface area contributed by atoms with Crippen LogP contribution in [0.15, 0.2) is 0 Å². The maximum atomic E-state index is 12.7. The van der Waals surface area contributed by atoms with E-state index in [4.69, 9.17) is 0 Å². The van der Waals surface area contributed by atoms with E-state index in [1.165, 1.54) is 0 Å². The van der Waals surface area contributed by atoms with E-state index in [0.29, 0.717) is 17.7 Å². The zero-order chi connectivity index (χ0) is 13.1. The quantitative estimate of drug-likeness (QED) is 0.699. The van der Waals surface area contributed by atoms with Crippen LogP contribution >= 0.6 is 0 Å². The van der Waals surface area contributed by atoms with Crippen LogP contribution in [0.4, 0.5) is 22.0 Å². The van der Waals surface area contributed by atoms with Crippen molar-refractivity contribution in [3.8, 4) is 0 Å². The van der Waals surface area contributed by atoms with E-state index < -0.39 is 24.0 Å². The molecule has 0 bridgehead atoms. The van der Waals surface area contributed by atoms with Crippen LogP contribution in [0.25, 0.3) is 0 Å². The maximum absolute atomic E-state index is 12.7. The third kappa shape index (κ3) is 2.82. The van der Waals surface area contributed by atoms with Crippen LogP contribution in [0, 0.1) is 0 Å². The van der Waals surface area contributed by atoms with Gasteiger partial charge in [-0.2, -0.15) is 22.0 Å². The minimum Gasteiger partial charge on any atom is -0.337 e. The molecule has 0 atom stereocenters. The Morgan fingerprint density at radius 3 is 1.75 bits per heavy atom. The number of carbonyl (C=O) groups is 1. The van der Waals surface area contributed by atoms with Crippen molar-refractivity contribution in [1.82, 2.24) is 4.90 Å². The molecule has 0 fully saturated rings. The highest BCUT2D eigenvalue weighted by Gasteiger charge is 2.64. The zero-order valence-electron chi connectivity index (χ0n) is 9.24. The molecule has 0 spiro atoms. The fourth-order valence-electron chi connectivity index (χ4n) is 1.34. The molecule has 0 N–H and O–H groups in total. The number of hydrogen-bond acceptors (Lipinski definition) is 1. The molecule has 0 aromatic rings. The first-order chi connectivity index (χ1) is 7.09. The Morgan fingerprint density at radius 1 is 1.12 bits per heavy atom. The minimum absolute atomic E-state index is 0.326. The second kappa shape index (κ2) is 4.97. The lowest BCUT2D eigenvalue weighted by Crippen LogP contribution is -2.53. The number of nitrogens with zero attached hydrogens (tertiary/aromatic N) is 1. The van der Waals surface area contributed by atoms with Gasteiger partial charge in [-0.15, -0.1) is 0 Å². The van der Waals surface area contributed by atoms with E-state index in [1.807, 2.05) is 0 Å². The highest BCUT2D eigenvalue weighted by molar-refractivity contribution is 5.84. The van der Waals surface area contributed by atoms with Crippen molar-refractivity contribution in [2.75, 3.05) is 7.05 Å². The van der Waals surface area contributed by atoms with E-state index in [1.54, 1.807) is 13.8 Å². The standard InChI is InChI=1S/C9H14F5NO/c1-4-6(5-2)15(3)7(16)8(10,11)9(12,13)14/h6H,4-5H2,1-3H3. The molecule has 0 aliphatic heterocycles. The van der Waals surface area contributed by atoms with Gasteiger partial charge < -0.3 is 4.90 Å². The van der Waals surface area contributed by atoms with Crippen molar-refractivity contribution in [2.45, 2.75) is 44.8 Å². The number of halogens is 5. The van der Waals surface area contributed by atoms with Crippen molar-refractivity contribution in [2.24, 2.45) is 0 Å². The Kier molecular flexibility index (Phi) is 4.69. The highest BCUT2D eigenvalue weighted by atomic mass is 19.4. The van der Waals surface area contributed by atoms with E-state index >= 15 is 0 Å². The number of hydrogen-bond donors (Lipinski definition) is 0. The maximum Gasteiger partial charge on any atom is 0.463 e. The van der Waals surface area contributed by atoms with Gasteiger partial charge in [0.05, 0.1) is 0 Å². The van der Waals surface area contributed by atoms with Crippen LogP contribution in [0.3, 0.4) is 0 Å². The van der Waals surface area contributed by atoms with E-state index in [9.17, 15) is 26.7 Å². The predicted octanol–water partition coefficient (Wildman–Crippen LogP) is 2.83. The summed E-state index contributed by atoms with van der Waals surface area (Å²) in [6, 6.07) is -0.610. The lowest BCUT2D eigenvalue weighted by atomic mass is 10.1. The Morgan fingerprint density at radius 2 is 1.50 bits per heavy atom. The SMILES string of the molecule is CCC(CC)N(C)C(=O)C(F)(F)C(F)(F)F. The molecule has 0 aliphatic carbocycles. The molecule has 0 radical (unpaired) electrons. The molecular formula is C9H14F5NO. The first-order valence-electron chi connectivity index (χ1n) is 4.81. The van der Waals surface area contributed by atoms with Crippen LogP contribution in [0.5, 0.6) is 0 Å². The molecule has 16 heavy (non-hydrogen) atoms. The first-order valence-corrected chi connectivity index (χ1v) is 4.81. The highest BCUT2D eigenvalue weighted by Crippen LogP contribution is 2.37. The molecule has 0 saturated carbocycles. The van der Waals surface area contributed by atoms with Crippen molar-refractivity contribution in [1.29, 1.82) is 0 Å². The van der Waals surface area contributed by atoms with Gasteiger partial charge in [-0.05, 0) is 12.8 Å². The van der Waals surface area contributed by atoms with Gasteiger partial charge >= 0.3 is 18.0 Å². The molecule has 0 aromatic carbocycles. The van der Waals surface area contributed by atoms with Crippen LogP contribution in [0.1, 0.15) is 26.7 Å². The third-order valence-electron chi connectivity index (χ3n) is 2.44. The van der Waals surface area contributed by atoms with Gasteiger partial charge in [-0.3, -0.25) is 4.79 Å². The molecule has 0 saturated heterocycles. The topological polar surface area (TPSA) is 20.3 Å². The summed E-state index contributed by atoms with van der Waals surface area (Å²) in [4.78, 5) is 11.5. The normalized spacial score (nSPS) is 13.1. The van der Waals surface area contributed by atoms with Gasteiger partial charge in [0.2, 0.25) is 0 Å². The Bertz CT molecular complexity index is 247. The van der Waals surface area contributed by atoms with Crippen molar-refractivity contribution < 1.29 is 26.7 Å². The fraction of sp³-hybridized carbons (Fsp3) is 0.889. The van der Waals surface area contributed by atoms with E-state index in [-0.39, 0.29) is 0 Å². The van der Waals surface area contributed by atoms with Crippen molar-refractivity contribution in [3.05, 3.63) is 0 Å². The van der Waals surface area contributed by atoms with Crippen LogP contribution < -0.4 is 0 Å². The van der Waals surface area contributed by atoms with E-state index in [2.05, 4.69) is 0 Å². The van der Waals surface area contributed by atoms with Gasteiger partial charge in [0, 0.05) is 13.1 Å². The molecule has 0 aliphatic rings. The summed E-state index contributed by atoms with van der Waals surface area (Å²) >= 11 is 0. The monoisotopic (exact) mass is 247 g/mol. The summed E-state index contributed by atoms with van der Waals surface area (Å²) in [7, 11) is 0.958. The third-order valence-corrected chi connectivity index (χ3v) is 2.44. The second-order valence-electron chi connectivity index (χ2n) is 3.46. The van der Waals surface area contributed by atoms with Gasteiger partial charge in [0.15, 0.2) is 0 Å². The van der Waals surface area contributed by atoms with Crippen molar-refractivity contribution in [3.63, 3.8) is 0 Å². The molecule has 96 valence electrons. The lowest BCUT2D eigenvalue weighted by molar-refractivity contribution is -0.274. The summed E-state index contributed by atoms with van der Waals surface area (Å²) in [6.07, 6.45) is -5.19. The minimum atomic E-state index is -5.84. The van der Waals surface area contributed by atoms with Crippen molar-refractivity contribution >= 4 is 5.91 Å². The molecule has 0 heterocycles. The summed E-state index contributed by atoms with van der Waals surface area (Å²) < 4.78 is 61.1. The Balaban J connectivity index is 4.93. The predicted molar refractivity (Wildman–Crippen MR) is 48.1 cm³/mol. The average Bonchev–Trinajstić information content (AvgIpc) is 2.16. The molecular weight excluding hydrogens is 233 g/mol. The molecule has 0 rings (SSSR count). The summed E-state index contributed by atoms with van der Waals surface area (Å²) in [5, 5.41) is 0. The average molecular weight is 247 g/mol. The van der Waals surface area contributed by atoms with Crippen LogP contribution in [0.2, 0.25) is 0 Å².